The largest absolute Gasteiger partial charge is 0.308 e. The van der Waals surface area contributed by atoms with E-state index in [-0.39, 0.29) is 11.3 Å². The van der Waals surface area contributed by atoms with Crippen molar-refractivity contribution < 1.29 is 8.42 Å². The third-order valence-corrected chi connectivity index (χ3v) is 6.00. The van der Waals surface area contributed by atoms with Crippen molar-refractivity contribution in [2.75, 3.05) is 12.8 Å². The maximum absolute atomic E-state index is 11.9. The van der Waals surface area contributed by atoms with E-state index in [1.807, 2.05) is 24.4 Å². The van der Waals surface area contributed by atoms with Crippen molar-refractivity contribution in [3.8, 4) is 0 Å². The molecule has 1 aliphatic carbocycles. The molecule has 4 nitrogen and oxygen atoms in total. The molecular formula is C16H26N2O2S. The van der Waals surface area contributed by atoms with E-state index in [2.05, 4.69) is 17.2 Å². The number of hydrogen-bond donors (Lipinski definition) is 1. The van der Waals surface area contributed by atoms with E-state index in [0.717, 1.165) is 44.3 Å². The maximum Gasteiger partial charge on any atom is 0.150 e. The molecular weight excluding hydrogens is 284 g/mol. The predicted octanol–water partition coefficient (Wildman–Crippen LogP) is 2.73. The van der Waals surface area contributed by atoms with Crippen molar-refractivity contribution in [2.24, 2.45) is 5.92 Å². The van der Waals surface area contributed by atoms with Crippen LogP contribution < -0.4 is 5.32 Å². The fourth-order valence-electron chi connectivity index (χ4n) is 3.25. The highest BCUT2D eigenvalue weighted by molar-refractivity contribution is 7.91. The summed E-state index contributed by atoms with van der Waals surface area (Å²) in [5.74, 6) is 0.347. The predicted molar refractivity (Wildman–Crippen MR) is 85.9 cm³/mol. The number of rotatable bonds is 6. The summed E-state index contributed by atoms with van der Waals surface area (Å²) >= 11 is 0. The van der Waals surface area contributed by atoms with Crippen LogP contribution in [0.4, 0.5) is 0 Å². The summed E-state index contributed by atoms with van der Waals surface area (Å²) in [5.41, 5.74) is 1.03. The van der Waals surface area contributed by atoms with Gasteiger partial charge in [-0.25, -0.2) is 8.42 Å². The van der Waals surface area contributed by atoms with Gasteiger partial charge in [-0.1, -0.05) is 19.4 Å². The van der Waals surface area contributed by atoms with Crippen molar-refractivity contribution in [2.45, 2.75) is 50.3 Å². The lowest BCUT2D eigenvalue weighted by Gasteiger charge is -2.34. The lowest BCUT2D eigenvalue weighted by molar-refractivity contribution is 0.269. The van der Waals surface area contributed by atoms with Gasteiger partial charge in [-0.05, 0) is 50.3 Å². The summed E-state index contributed by atoms with van der Waals surface area (Å²) < 4.78 is 23.7. The molecule has 1 aliphatic rings. The minimum absolute atomic E-state index is 0.163. The molecule has 0 aromatic carbocycles. The van der Waals surface area contributed by atoms with E-state index in [1.54, 1.807) is 0 Å². The van der Waals surface area contributed by atoms with Crippen LogP contribution in [0.15, 0.2) is 24.4 Å². The Labute approximate surface area is 128 Å². The summed E-state index contributed by atoms with van der Waals surface area (Å²) in [5, 5.41) is 3.38. The van der Waals surface area contributed by atoms with Crippen LogP contribution in [0.1, 0.15) is 50.8 Å². The first-order valence-corrected chi connectivity index (χ1v) is 9.81. The molecule has 0 amide bonds. The third-order valence-electron chi connectivity index (χ3n) is 4.36. The van der Waals surface area contributed by atoms with Gasteiger partial charge in [0, 0.05) is 12.5 Å². The second kappa shape index (κ2) is 7.36. The molecule has 2 rings (SSSR count). The van der Waals surface area contributed by atoms with E-state index in [0.29, 0.717) is 5.92 Å². The normalized spacial score (nSPS) is 24.7. The standard InChI is InChI=1S/C16H26N2O2S/c1-3-10-18-16(15-9-4-5-11-17-15)13-7-6-8-14(12-13)21(2,19)20/h4-5,9,11,13-14,16,18H,3,6-8,10,12H2,1-2H3. The second-order valence-electron chi connectivity index (χ2n) is 6.06. The maximum atomic E-state index is 11.9. The quantitative estimate of drug-likeness (QED) is 0.877. The number of sulfone groups is 1. The molecule has 0 aliphatic heterocycles. The van der Waals surface area contributed by atoms with Crippen molar-refractivity contribution in [1.82, 2.24) is 10.3 Å². The average molecular weight is 310 g/mol. The van der Waals surface area contributed by atoms with E-state index < -0.39 is 9.84 Å². The highest BCUT2D eigenvalue weighted by Gasteiger charge is 2.33. The Balaban J connectivity index is 2.16. The van der Waals surface area contributed by atoms with E-state index in [1.165, 1.54) is 6.26 Å². The molecule has 1 saturated carbocycles. The van der Waals surface area contributed by atoms with Gasteiger partial charge >= 0.3 is 0 Å². The lowest BCUT2D eigenvalue weighted by atomic mass is 9.82. The zero-order valence-corrected chi connectivity index (χ0v) is 13.8. The van der Waals surface area contributed by atoms with Crippen LogP contribution in [0.25, 0.3) is 0 Å². The fraction of sp³-hybridized carbons (Fsp3) is 0.688. The highest BCUT2D eigenvalue weighted by Crippen LogP contribution is 2.36. The van der Waals surface area contributed by atoms with Crippen LogP contribution in [-0.2, 0) is 9.84 Å². The van der Waals surface area contributed by atoms with Gasteiger partial charge in [0.1, 0.15) is 9.84 Å². The Hall–Kier alpha value is -0.940. The lowest BCUT2D eigenvalue weighted by Crippen LogP contribution is -2.36. The monoisotopic (exact) mass is 310 g/mol. The third kappa shape index (κ3) is 4.51. The average Bonchev–Trinajstić information content (AvgIpc) is 2.48. The molecule has 0 spiro atoms. The number of aromatic nitrogens is 1. The topological polar surface area (TPSA) is 59.1 Å². The Morgan fingerprint density at radius 3 is 2.81 bits per heavy atom. The fourth-order valence-corrected chi connectivity index (χ4v) is 4.44. The minimum atomic E-state index is -2.94. The number of nitrogens with zero attached hydrogens (tertiary/aromatic N) is 1. The minimum Gasteiger partial charge on any atom is -0.308 e. The highest BCUT2D eigenvalue weighted by atomic mass is 32.2. The first-order valence-electron chi connectivity index (χ1n) is 7.85. The van der Waals surface area contributed by atoms with Crippen LogP contribution in [0, 0.1) is 5.92 Å². The number of hydrogen-bond acceptors (Lipinski definition) is 4. The summed E-state index contributed by atoms with van der Waals surface area (Å²) in [4.78, 5) is 4.48. The van der Waals surface area contributed by atoms with Gasteiger partial charge in [-0.3, -0.25) is 4.98 Å². The Morgan fingerprint density at radius 2 is 2.19 bits per heavy atom. The van der Waals surface area contributed by atoms with Crippen molar-refractivity contribution in [1.29, 1.82) is 0 Å². The molecule has 3 unspecified atom stereocenters. The molecule has 0 saturated heterocycles. The number of pyridine rings is 1. The molecule has 1 aromatic heterocycles. The molecule has 21 heavy (non-hydrogen) atoms. The van der Waals surface area contributed by atoms with Crippen LogP contribution in [0.5, 0.6) is 0 Å². The van der Waals surface area contributed by atoms with Crippen LogP contribution in [0.3, 0.4) is 0 Å². The van der Waals surface area contributed by atoms with E-state index in [9.17, 15) is 8.42 Å². The first-order chi connectivity index (χ1) is 10.0. The molecule has 1 fully saturated rings. The zero-order valence-electron chi connectivity index (χ0n) is 13.0. The van der Waals surface area contributed by atoms with Crippen molar-refractivity contribution in [3.63, 3.8) is 0 Å². The van der Waals surface area contributed by atoms with Crippen molar-refractivity contribution >= 4 is 9.84 Å². The molecule has 5 heteroatoms. The van der Waals surface area contributed by atoms with Gasteiger partial charge < -0.3 is 5.32 Å². The Kier molecular flexibility index (Phi) is 5.76. The van der Waals surface area contributed by atoms with Gasteiger partial charge in [0.15, 0.2) is 0 Å². The smallest absolute Gasteiger partial charge is 0.150 e. The summed E-state index contributed by atoms with van der Waals surface area (Å²) in [7, 11) is -2.94. The first kappa shape index (κ1) is 16.4. The second-order valence-corrected chi connectivity index (χ2v) is 8.39. The van der Waals surface area contributed by atoms with Crippen LogP contribution >= 0.6 is 0 Å². The summed E-state index contributed by atoms with van der Waals surface area (Å²) in [6.07, 6.45) is 7.85. The molecule has 3 atom stereocenters. The Bertz CT molecular complexity index is 530. The van der Waals surface area contributed by atoms with Crippen LogP contribution in [0.2, 0.25) is 0 Å². The molecule has 1 aromatic rings. The van der Waals surface area contributed by atoms with Gasteiger partial charge in [-0.2, -0.15) is 0 Å². The summed E-state index contributed by atoms with van der Waals surface area (Å²) in [6.45, 7) is 3.07. The molecule has 0 radical (unpaired) electrons. The SMILES string of the molecule is CCCNC(c1ccccn1)C1CCCC(S(C)(=O)=O)C1. The zero-order chi connectivity index (χ0) is 15.3. The molecule has 118 valence electrons. The van der Waals surface area contributed by atoms with Gasteiger partial charge in [-0.15, -0.1) is 0 Å². The number of nitrogens with one attached hydrogen (secondary N) is 1. The Morgan fingerprint density at radius 1 is 1.38 bits per heavy atom. The van der Waals surface area contributed by atoms with Gasteiger partial charge in [0.2, 0.25) is 0 Å². The van der Waals surface area contributed by atoms with Crippen molar-refractivity contribution in [3.05, 3.63) is 30.1 Å². The molecule has 1 N–H and O–H groups in total. The van der Waals surface area contributed by atoms with Gasteiger partial charge in [0.25, 0.3) is 0 Å². The molecule has 0 bridgehead atoms. The van der Waals surface area contributed by atoms with Gasteiger partial charge in [0.05, 0.1) is 17.0 Å². The molecule has 1 heterocycles. The van der Waals surface area contributed by atoms with Crippen LogP contribution in [-0.4, -0.2) is 31.5 Å². The van der Waals surface area contributed by atoms with E-state index >= 15 is 0 Å². The summed E-state index contributed by atoms with van der Waals surface area (Å²) in [6, 6.07) is 6.12. The van der Waals surface area contributed by atoms with E-state index in [4.69, 9.17) is 0 Å².